The van der Waals surface area contributed by atoms with Gasteiger partial charge in [0.2, 0.25) is 0 Å². The number of carbonyl (C=O) groups is 1. The van der Waals surface area contributed by atoms with Crippen LogP contribution in [-0.2, 0) is 5.75 Å². The highest BCUT2D eigenvalue weighted by atomic mass is 35.5. The largest absolute Gasteiger partial charge is 0.338 e. The number of amides is 1. The molecule has 0 N–H and O–H groups in total. The van der Waals surface area contributed by atoms with E-state index in [-0.39, 0.29) is 5.91 Å². The molecule has 1 aromatic carbocycles. The molecule has 0 saturated carbocycles. The summed E-state index contributed by atoms with van der Waals surface area (Å²) >= 11 is 7.95. The van der Waals surface area contributed by atoms with Crippen molar-refractivity contribution in [1.29, 1.82) is 0 Å². The van der Waals surface area contributed by atoms with Crippen LogP contribution in [0, 0.1) is 6.92 Å². The van der Waals surface area contributed by atoms with Crippen molar-refractivity contribution < 1.29 is 4.79 Å². The topological polar surface area (TPSA) is 33.2 Å². The van der Waals surface area contributed by atoms with E-state index in [4.69, 9.17) is 11.6 Å². The predicted octanol–water partition coefficient (Wildman–Crippen LogP) is 4.82. The first-order chi connectivity index (χ1) is 11.1. The zero-order chi connectivity index (χ0) is 16.8. The van der Waals surface area contributed by atoms with Gasteiger partial charge in [-0.3, -0.25) is 4.79 Å². The number of pyridine rings is 1. The van der Waals surface area contributed by atoms with Crippen molar-refractivity contribution in [3.63, 3.8) is 0 Å². The minimum absolute atomic E-state index is 0.0181. The van der Waals surface area contributed by atoms with Crippen molar-refractivity contribution in [3.05, 3.63) is 58.4 Å². The summed E-state index contributed by atoms with van der Waals surface area (Å²) in [4.78, 5) is 19.7. The summed E-state index contributed by atoms with van der Waals surface area (Å²) in [5.74, 6) is 0.665. The Morgan fingerprint density at radius 1 is 1.17 bits per heavy atom. The second-order valence-electron chi connectivity index (χ2n) is 5.17. The van der Waals surface area contributed by atoms with Gasteiger partial charge in [0.15, 0.2) is 0 Å². The zero-order valence-corrected chi connectivity index (χ0v) is 15.2. The van der Waals surface area contributed by atoms with Gasteiger partial charge in [-0.05, 0) is 44.5 Å². The number of benzene rings is 1. The molecule has 0 atom stereocenters. The van der Waals surface area contributed by atoms with E-state index >= 15 is 0 Å². The third-order valence-corrected chi connectivity index (χ3v) is 5.31. The third-order valence-electron chi connectivity index (χ3n) is 3.61. The number of hydrogen-bond donors (Lipinski definition) is 0. The molecule has 3 nitrogen and oxygen atoms in total. The highest BCUT2D eigenvalue weighted by Gasteiger charge is 2.14. The lowest BCUT2D eigenvalue weighted by Crippen LogP contribution is -2.31. The maximum Gasteiger partial charge on any atom is 0.272 e. The summed E-state index contributed by atoms with van der Waals surface area (Å²) in [5, 5.41) is 0.785. The fourth-order valence-electron chi connectivity index (χ4n) is 2.24. The number of carbonyl (C=O) groups excluding carboxylic acids is 1. The molecule has 0 aliphatic carbocycles. The quantitative estimate of drug-likeness (QED) is 0.702. The summed E-state index contributed by atoms with van der Waals surface area (Å²) < 4.78 is 0. The maximum atomic E-state index is 12.4. The molecule has 0 unspecified atom stereocenters. The summed E-state index contributed by atoms with van der Waals surface area (Å²) in [5.41, 5.74) is 2.45. The van der Waals surface area contributed by atoms with Crippen LogP contribution in [0.5, 0.6) is 0 Å². The molecule has 23 heavy (non-hydrogen) atoms. The van der Waals surface area contributed by atoms with Gasteiger partial charge in [-0.15, -0.1) is 11.8 Å². The minimum atomic E-state index is -0.0181. The first kappa shape index (κ1) is 17.8. The first-order valence-corrected chi connectivity index (χ1v) is 9.06. The molecule has 0 aliphatic heterocycles. The van der Waals surface area contributed by atoms with E-state index in [1.807, 2.05) is 51.1 Å². The van der Waals surface area contributed by atoms with Crippen molar-refractivity contribution >= 4 is 29.3 Å². The Balaban J connectivity index is 2.11. The van der Waals surface area contributed by atoms with Gasteiger partial charge in [0.1, 0.15) is 5.69 Å². The van der Waals surface area contributed by atoms with Crippen LogP contribution in [0.1, 0.15) is 35.6 Å². The molecule has 1 heterocycles. The van der Waals surface area contributed by atoms with Crippen molar-refractivity contribution in [2.45, 2.75) is 31.4 Å². The lowest BCUT2D eigenvalue weighted by Gasteiger charge is -2.18. The van der Waals surface area contributed by atoms with Gasteiger partial charge in [-0.2, -0.15) is 0 Å². The van der Waals surface area contributed by atoms with Gasteiger partial charge in [-0.1, -0.05) is 29.8 Å². The van der Waals surface area contributed by atoms with Gasteiger partial charge in [-0.25, -0.2) is 4.98 Å². The van der Waals surface area contributed by atoms with Crippen molar-refractivity contribution in [2.24, 2.45) is 0 Å². The van der Waals surface area contributed by atoms with Gasteiger partial charge < -0.3 is 4.90 Å². The molecule has 0 bridgehead atoms. The maximum absolute atomic E-state index is 12.4. The monoisotopic (exact) mass is 348 g/mol. The molecule has 5 heteroatoms. The number of hydrogen-bond acceptors (Lipinski definition) is 3. The Bertz CT molecular complexity index is 686. The highest BCUT2D eigenvalue weighted by molar-refractivity contribution is 7.98. The Morgan fingerprint density at radius 3 is 2.57 bits per heavy atom. The molecule has 1 aromatic heterocycles. The molecular weight excluding hydrogens is 328 g/mol. The molecule has 0 spiro atoms. The van der Waals surface area contributed by atoms with Crippen LogP contribution in [0.2, 0.25) is 5.02 Å². The Kier molecular flexibility index (Phi) is 6.48. The van der Waals surface area contributed by atoms with Crippen LogP contribution in [0.15, 0.2) is 41.3 Å². The lowest BCUT2D eigenvalue weighted by atomic mass is 10.2. The van der Waals surface area contributed by atoms with Gasteiger partial charge >= 0.3 is 0 Å². The van der Waals surface area contributed by atoms with E-state index < -0.39 is 0 Å². The third kappa shape index (κ3) is 4.49. The van der Waals surface area contributed by atoms with Crippen LogP contribution >= 0.6 is 23.4 Å². The van der Waals surface area contributed by atoms with Crippen LogP contribution in [0.4, 0.5) is 0 Å². The SMILES string of the molecule is CCN(CC)C(=O)c1cccc(CSc2cccc(C)c2Cl)n1. The van der Waals surface area contributed by atoms with Crippen LogP contribution in [-0.4, -0.2) is 28.9 Å². The van der Waals surface area contributed by atoms with E-state index in [1.165, 1.54) is 0 Å². The number of aromatic nitrogens is 1. The van der Waals surface area contributed by atoms with Gasteiger partial charge in [0.25, 0.3) is 5.91 Å². The fourth-order valence-corrected chi connectivity index (χ4v) is 3.45. The number of thioether (sulfide) groups is 1. The van der Waals surface area contributed by atoms with E-state index in [0.29, 0.717) is 24.5 Å². The molecule has 2 rings (SSSR count). The molecule has 2 aromatic rings. The molecule has 122 valence electrons. The second kappa shape index (κ2) is 8.37. The van der Waals surface area contributed by atoms with Crippen LogP contribution in [0.3, 0.4) is 0 Å². The molecule has 0 aliphatic rings. The lowest BCUT2D eigenvalue weighted by molar-refractivity contribution is 0.0767. The summed E-state index contributed by atoms with van der Waals surface area (Å²) in [6.45, 7) is 7.32. The standard InChI is InChI=1S/C18H21ClN2OS/c1-4-21(5-2)18(22)15-10-7-9-14(20-15)12-23-16-11-6-8-13(3)17(16)19/h6-11H,4-5,12H2,1-3H3. The summed E-state index contributed by atoms with van der Waals surface area (Å²) in [6, 6.07) is 11.6. The van der Waals surface area contributed by atoms with E-state index in [9.17, 15) is 4.79 Å². The van der Waals surface area contributed by atoms with E-state index in [2.05, 4.69) is 4.98 Å². The molecular formula is C18H21ClN2OS. The number of rotatable bonds is 6. The number of aryl methyl sites for hydroxylation is 1. The smallest absolute Gasteiger partial charge is 0.272 e. The fraction of sp³-hybridized carbons (Fsp3) is 0.333. The van der Waals surface area contributed by atoms with Crippen LogP contribution < -0.4 is 0 Å². The van der Waals surface area contributed by atoms with Crippen molar-refractivity contribution in [1.82, 2.24) is 9.88 Å². The minimum Gasteiger partial charge on any atom is -0.338 e. The Morgan fingerprint density at radius 2 is 1.87 bits per heavy atom. The average molecular weight is 349 g/mol. The van der Waals surface area contributed by atoms with E-state index in [0.717, 1.165) is 21.2 Å². The molecule has 1 amide bonds. The summed E-state index contributed by atoms with van der Waals surface area (Å²) in [6.07, 6.45) is 0. The second-order valence-corrected chi connectivity index (χ2v) is 6.56. The van der Waals surface area contributed by atoms with Crippen molar-refractivity contribution in [3.8, 4) is 0 Å². The average Bonchev–Trinajstić information content (AvgIpc) is 2.57. The van der Waals surface area contributed by atoms with Crippen LogP contribution in [0.25, 0.3) is 0 Å². The Labute approximate surface area is 147 Å². The number of nitrogens with zero attached hydrogens (tertiary/aromatic N) is 2. The van der Waals surface area contributed by atoms with Gasteiger partial charge in [0.05, 0.1) is 10.7 Å². The first-order valence-electron chi connectivity index (χ1n) is 7.69. The Hall–Kier alpha value is -1.52. The predicted molar refractivity (Wildman–Crippen MR) is 97.2 cm³/mol. The van der Waals surface area contributed by atoms with Gasteiger partial charge in [0, 0.05) is 23.7 Å². The highest BCUT2D eigenvalue weighted by Crippen LogP contribution is 2.31. The zero-order valence-electron chi connectivity index (χ0n) is 13.7. The normalized spacial score (nSPS) is 10.6. The molecule has 0 radical (unpaired) electrons. The summed E-state index contributed by atoms with van der Waals surface area (Å²) in [7, 11) is 0. The molecule has 0 fully saturated rings. The molecule has 0 saturated heterocycles. The van der Waals surface area contributed by atoms with E-state index in [1.54, 1.807) is 22.7 Å². The number of halogens is 1. The van der Waals surface area contributed by atoms with Crippen molar-refractivity contribution in [2.75, 3.05) is 13.1 Å².